The second-order valence-electron chi connectivity index (χ2n) is 7.96. The fraction of sp³-hybridized carbons (Fsp3) is 0.320. The number of fused-ring (bicyclic) bond motifs is 1. The number of hydrogen-bond acceptors (Lipinski definition) is 7. The number of amides is 2. The van der Waals surface area contributed by atoms with E-state index < -0.39 is 6.04 Å². The molecule has 1 aliphatic heterocycles. The maximum atomic E-state index is 12.8. The van der Waals surface area contributed by atoms with Gasteiger partial charge in [-0.1, -0.05) is 12.1 Å². The van der Waals surface area contributed by atoms with Gasteiger partial charge < -0.3 is 19.7 Å². The number of carbonyl (C=O) groups is 2. The summed E-state index contributed by atoms with van der Waals surface area (Å²) in [6, 6.07) is 10.5. The van der Waals surface area contributed by atoms with Gasteiger partial charge in [0.1, 0.15) is 0 Å². The summed E-state index contributed by atoms with van der Waals surface area (Å²) in [5.41, 5.74) is 2.24. The number of likely N-dealkylation sites (tertiary alicyclic amines) is 1. The van der Waals surface area contributed by atoms with Crippen molar-refractivity contribution in [2.45, 2.75) is 19.4 Å². The van der Waals surface area contributed by atoms with Gasteiger partial charge in [0.15, 0.2) is 5.65 Å². The highest BCUT2D eigenvalue weighted by molar-refractivity contribution is 5.78. The maximum Gasteiger partial charge on any atom is 0.317 e. The normalized spacial score (nSPS) is 14.6. The molecule has 0 saturated carbocycles. The van der Waals surface area contributed by atoms with E-state index in [-0.39, 0.29) is 30.9 Å². The third kappa shape index (κ3) is 5.67. The second-order valence-corrected chi connectivity index (χ2v) is 7.96. The molecular formula is C25H27N5O4. The molecule has 176 valence electrons. The Labute approximate surface area is 197 Å². The third-order valence-electron chi connectivity index (χ3n) is 5.57. The van der Waals surface area contributed by atoms with Gasteiger partial charge in [-0.25, -0.2) is 19.7 Å². The van der Waals surface area contributed by atoms with Crippen LogP contribution >= 0.6 is 0 Å². The number of pyridine rings is 3. The minimum Gasteiger partial charge on any atom is -0.481 e. The molecule has 4 heterocycles. The summed E-state index contributed by atoms with van der Waals surface area (Å²) < 4.78 is 10.2. The standard InChI is InChI=1S/C25H27N5O4/c1-3-34-23(31)13-21(19-8-11-22(33-2)27-14-19)29-25(32)30-15-17(16-30)6-9-20-10-7-18-5-4-12-26-24(18)28-20/h4-12,14,17,21H,3,13,15-16H2,1-2H3,(H,29,32)/b9-6+/t21-/m0/s1. The number of methoxy groups -OCH3 is 1. The number of esters is 1. The Hall–Kier alpha value is -4.01. The highest BCUT2D eigenvalue weighted by Gasteiger charge is 2.31. The van der Waals surface area contributed by atoms with Crippen molar-refractivity contribution in [3.8, 4) is 5.88 Å². The van der Waals surface area contributed by atoms with Gasteiger partial charge in [0.25, 0.3) is 0 Å². The Morgan fingerprint density at radius 1 is 1.21 bits per heavy atom. The lowest BCUT2D eigenvalue weighted by Gasteiger charge is -2.38. The average Bonchev–Trinajstić information content (AvgIpc) is 2.82. The zero-order chi connectivity index (χ0) is 23.9. The number of urea groups is 1. The van der Waals surface area contributed by atoms with Crippen molar-refractivity contribution in [2.75, 3.05) is 26.8 Å². The van der Waals surface area contributed by atoms with E-state index in [1.165, 1.54) is 7.11 Å². The minimum atomic E-state index is -0.547. The smallest absolute Gasteiger partial charge is 0.317 e. The first-order valence-corrected chi connectivity index (χ1v) is 11.2. The SMILES string of the molecule is CCOC(=O)C[C@H](NC(=O)N1CC(/C=C/c2ccc3cccnc3n2)C1)c1ccc(OC)nc1. The van der Waals surface area contributed by atoms with Crippen molar-refractivity contribution in [1.29, 1.82) is 0 Å². The number of carbonyl (C=O) groups excluding carboxylic acids is 2. The predicted molar refractivity (Wildman–Crippen MR) is 127 cm³/mol. The molecule has 0 unspecified atom stereocenters. The van der Waals surface area contributed by atoms with Crippen LogP contribution in [0, 0.1) is 5.92 Å². The van der Waals surface area contributed by atoms with Gasteiger partial charge in [0.2, 0.25) is 5.88 Å². The quantitative estimate of drug-likeness (QED) is 0.513. The monoisotopic (exact) mass is 461 g/mol. The first-order chi connectivity index (χ1) is 16.6. The molecule has 9 nitrogen and oxygen atoms in total. The van der Waals surface area contributed by atoms with Crippen LogP contribution in [0.25, 0.3) is 17.1 Å². The van der Waals surface area contributed by atoms with E-state index in [1.54, 1.807) is 36.4 Å². The molecule has 0 aliphatic carbocycles. The van der Waals surface area contributed by atoms with E-state index in [1.807, 2.05) is 30.3 Å². The van der Waals surface area contributed by atoms with Gasteiger partial charge >= 0.3 is 12.0 Å². The van der Waals surface area contributed by atoms with E-state index in [4.69, 9.17) is 9.47 Å². The number of nitrogens with one attached hydrogen (secondary N) is 1. The summed E-state index contributed by atoms with van der Waals surface area (Å²) in [6.07, 6.45) is 7.36. The van der Waals surface area contributed by atoms with Gasteiger partial charge in [-0.15, -0.1) is 0 Å². The molecule has 1 atom stereocenters. The largest absolute Gasteiger partial charge is 0.481 e. The van der Waals surface area contributed by atoms with Crippen molar-refractivity contribution < 1.29 is 19.1 Å². The summed E-state index contributed by atoms with van der Waals surface area (Å²) in [5, 5.41) is 3.93. The minimum absolute atomic E-state index is 0.0203. The first-order valence-electron chi connectivity index (χ1n) is 11.2. The van der Waals surface area contributed by atoms with Gasteiger partial charge in [-0.05, 0) is 42.8 Å². The van der Waals surface area contributed by atoms with Gasteiger partial charge in [-0.3, -0.25) is 4.79 Å². The van der Waals surface area contributed by atoms with Crippen LogP contribution < -0.4 is 10.1 Å². The molecule has 0 radical (unpaired) electrons. The lowest BCUT2D eigenvalue weighted by molar-refractivity contribution is -0.143. The molecule has 34 heavy (non-hydrogen) atoms. The Morgan fingerprint density at radius 3 is 2.79 bits per heavy atom. The maximum absolute atomic E-state index is 12.8. The van der Waals surface area contributed by atoms with Crippen LogP contribution in [0.2, 0.25) is 0 Å². The fourth-order valence-electron chi connectivity index (χ4n) is 3.69. The van der Waals surface area contributed by atoms with E-state index in [9.17, 15) is 9.59 Å². The molecule has 1 saturated heterocycles. The van der Waals surface area contributed by atoms with Gasteiger partial charge in [-0.2, -0.15) is 0 Å². The lowest BCUT2D eigenvalue weighted by Crippen LogP contribution is -2.53. The van der Waals surface area contributed by atoms with E-state index in [0.29, 0.717) is 30.2 Å². The average molecular weight is 462 g/mol. The van der Waals surface area contributed by atoms with Crippen LogP contribution in [-0.4, -0.2) is 58.7 Å². The number of ether oxygens (including phenoxy) is 2. The lowest BCUT2D eigenvalue weighted by atomic mass is 9.99. The molecular weight excluding hydrogens is 434 g/mol. The fourth-order valence-corrected chi connectivity index (χ4v) is 3.69. The predicted octanol–water partition coefficient (Wildman–Crippen LogP) is 3.38. The van der Waals surface area contributed by atoms with E-state index >= 15 is 0 Å². The topological polar surface area (TPSA) is 107 Å². The Morgan fingerprint density at radius 2 is 2.06 bits per heavy atom. The number of rotatable bonds is 8. The van der Waals surface area contributed by atoms with E-state index in [0.717, 1.165) is 11.1 Å². The molecule has 1 fully saturated rings. The zero-order valence-corrected chi connectivity index (χ0v) is 19.2. The van der Waals surface area contributed by atoms with Crippen LogP contribution in [0.4, 0.5) is 4.79 Å². The summed E-state index contributed by atoms with van der Waals surface area (Å²) in [6.45, 7) is 3.20. The van der Waals surface area contributed by atoms with Gasteiger partial charge in [0, 0.05) is 42.9 Å². The van der Waals surface area contributed by atoms with Crippen LogP contribution in [0.3, 0.4) is 0 Å². The Bertz CT molecular complexity index is 1180. The van der Waals surface area contributed by atoms with Crippen molar-refractivity contribution in [2.24, 2.45) is 5.92 Å². The van der Waals surface area contributed by atoms with Gasteiger partial charge in [0.05, 0.1) is 31.9 Å². The molecule has 4 rings (SSSR count). The summed E-state index contributed by atoms with van der Waals surface area (Å²) in [5.74, 6) is 0.308. The summed E-state index contributed by atoms with van der Waals surface area (Å²) in [4.78, 5) is 39.6. The number of aromatic nitrogens is 3. The first kappa shape index (κ1) is 23.2. The van der Waals surface area contributed by atoms with Crippen LogP contribution in [0.5, 0.6) is 5.88 Å². The molecule has 1 aliphatic rings. The van der Waals surface area contributed by atoms with Crippen LogP contribution in [0.15, 0.2) is 54.9 Å². The number of hydrogen-bond donors (Lipinski definition) is 1. The molecule has 0 spiro atoms. The molecule has 0 aromatic carbocycles. The second kappa shape index (κ2) is 10.7. The van der Waals surface area contributed by atoms with Crippen LogP contribution in [-0.2, 0) is 9.53 Å². The molecule has 1 N–H and O–H groups in total. The van der Waals surface area contributed by atoms with Crippen molar-refractivity contribution in [3.05, 3.63) is 66.1 Å². The third-order valence-corrected chi connectivity index (χ3v) is 5.57. The summed E-state index contributed by atoms with van der Waals surface area (Å²) in [7, 11) is 1.53. The zero-order valence-electron chi connectivity index (χ0n) is 19.2. The highest BCUT2D eigenvalue weighted by atomic mass is 16.5. The summed E-state index contributed by atoms with van der Waals surface area (Å²) >= 11 is 0. The van der Waals surface area contributed by atoms with Crippen molar-refractivity contribution in [1.82, 2.24) is 25.2 Å². The Kier molecular flexibility index (Phi) is 7.31. The molecule has 2 amide bonds. The van der Waals surface area contributed by atoms with Crippen molar-refractivity contribution >= 4 is 29.1 Å². The van der Waals surface area contributed by atoms with Crippen LogP contribution in [0.1, 0.15) is 30.6 Å². The van der Waals surface area contributed by atoms with Crippen molar-refractivity contribution in [3.63, 3.8) is 0 Å². The Balaban J connectivity index is 1.34. The van der Waals surface area contributed by atoms with E-state index in [2.05, 4.69) is 26.3 Å². The highest BCUT2D eigenvalue weighted by Crippen LogP contribution is 2.23. The molecule has 3 aromatic heterocycles. The molecule has 0 bridgehead atoms. The number of nitrogens with zero attached hydrogens (tertiary/aromatic N) is 4. The molecule has 9 heteroatoms. The molecule has 3 aromatic rings.